The van der Waals surface area contributed by atoms with Crippen LogP contribution in [0.1, 0.15) is 65.0 Å². The van der Waals surface area contributed by atoms with Crippen LogP contribution in [0.25, 0.3) is 10.1 Å². The molecule has 0 aliphatic carbocycles. The molecule has 2 aromatic rings. The number of fused-ring (bicyclic) bond motifs is 1. The molecule has 0 amide bonds. The van der Waals surface area contributed by atoms with Crippen LogP contribution in [-0.2, 0) is 6.18 Å². The van der Waals surface area contributed by atoms with Crippen molar-refractivity contribution in [1.82, 2.24) is 4.98 Å². The molecule has 0 saturated heterocycles. The summed E-state index contributed by atoms with van der Waals surface area (Å²) < 4.78 is 45.2. The summed E-state index contributed by atoms with van der Waals surface area (Å²) in [6, 6.07) is 3.45. The van der Waals surface area contributed by atoms with Crippen LogP contribution in [0.4, 0.5) is 13.2 Å². The Labute approximate surface area is 163 Å². The van der Waals surface area contributed by atoms with Crippen molar-refractivity contribution in [2.24, 2.45) is 0 Å². The molecule has 0 spiro atoms. The Morgan fingerprint density at radius 2 is 1.46 bits per heavy atom. The number of unbranched alkanes of at least 4 members (excludes halogenated alkanes) is 3. The van der Waals surface area contributed by atoms with E-state index in [9.17, 15) is 13.2 Å². The van der Waals surface area contributed by atoms with Crippen LogP contribution in [0.5, 0.6) is 0 Å². The van der Waals surface area contributed by atoms with E-state index >= 15 is 0 Å². The summed E-state index contributed by atoms with van der Waals surface area (Å²) in [5, 5.41) is 0.892. The second kappa shape index (κ2) is 9.76. The van der Waals surface area contributed by atoms with E-state index in [0.717, 1.165) is 10.1 Å². The summed E-state index contributed by atoms with van der Waals surface area (Å²) in [6.07, 6.45) is 4.40. The molecule has 0 radical (unpaired) electrons. The van der Waals surface area contributed by atoms with Crippen molar-refractivity contribution in [3.8, 4) is 0 Å². The van der Waals surface area contributed by atoms with E-state index in [0.29, 0.717) is 0 Å². The fraction of sp³-hybridized carbons (Fsp3) is 0.650. The number of pyridine rings is 1. The van der Waals surface area contributed by atoms with Gasteiger partial charge in [-0.1, -0.05) is 0 Å². The molecule has 0 aliphatic rings. The van der Waals surface area contributed by atoms with Gasteiger partial charge in [0.05, 0.1) is 0 Å². The third kappa shape index (κ3) is 5.37. The average molecular weight is 492 g/mol. The second-order valence-corrected chi connectivity index (χ2v) is 22.6. The van der Waals surface area contributed by atoms with Crippen LogP contribution in [0.3, 0.4) is 0 Å². The molecule has 2 heterocycles. The molecule has 0 atom stereocenters. The van der Waals surface area contributed by atoms with E-state index in [1.165, 1.54) is 67.0 Å². The third-order valence-corrected chi connectivity index (χ3v) is 24.5. The molecule has 6 heteroatoms. The van der Waals surface area contributed by atoms with Crippen molar-refractivity contribution in [1.29, 1.82) is 0 Å². The molecule has 146 valence electrons. The van der Waals surface area contributed by atoms with E-state index < -0.39 is 30.2 Å². The molecule has 0 aliphatic heterocycles. The molecule has 0 aromatic carbocycles. The van der Waals surface area contributed by atoms with Crippen LogP contribution < -0.4 is 2.89 Å². The van der Waals surface area contributed by atoms with Gasteiger partial charge >= 0.3 is 164 Å². The Kier molecular flexibility index (Phi) is 8.26. The minimum absolute atomic E-state index is 0.757. The minimum atomic E-state index is -4.37. The van der Waals surface area contributed by atoms with Gasteiger partial charge in [-0.05, 0) is 0 Å². The summed E-state index contributed by atoms with van der Waals surface area (Å²) in [6.45, 7) is 6.71. The zero-order chi connectivity index (χ0) is 19.2. The summed E-state index contributed by atoms with van der Waals surface area (Å²) >= 11 is -0.940. The Balaban J connectivity index is 2.47. The number of thiophene rings is 1. The van der Waals surface area contributed by atoms with Gasteiger partial charge in [0.15, 0.2) is 0 Å². The SMILES string of the molecule is CCC[CH2][Sn]([CH2]CCC)([CH2]CCC)[c]1cc2cnc(C(F)(F)F)cc2s1. The van der Waals surface area contributed by atoms with Gasteiger partial charge in [-0.2, -0.15) is 0 Å². The Morgan fingerprint density at radius 3 is 1.92 bits per heavy atom. The van der Waals surface area contributed by atoms with Crippen LogP contribution in [-0.4, -0.2) is 23.4 Å². The van der Waals surface area contributed by atoms with Crippen molar-refractivity contribution in [3.63, 3.8) is 0 Å². The van der Waals surface area contributed by atoms with Crippen LogP contribution in [0, 0.1) is 0 Å². The van der Waals surface area contributed by atoms with E-state index in [1.807, 2.05) is 0 Å². The molecule has 2 aromatic heterocycles. The first-order valence-corrected chi connectivity index (χ1v) is 18.1. The van der Waals surface area contributed by atoms with Gasteiger partial charge in [0, 0.05) is 0 Å². The summed E-state index contributed by atoms with van der Waals surface area (Å²) in [4.78, 5) is 3.67. The Morgan fingerprint density at radius 1 is 0.923 bits per heavy atom. The molecule has 0 N–H and O–H groups in total. The van der Waals surface area contributed by atoms with E-state index in [1.54, 1.807) is 11.3 Å². The quantitative estimate of drug-likeness (QED) is 0.316. The molecule has 0 saturated carbocycles. The van der Waals surface area contributed by atoms with Gasteiger partial charge in [-0.25, -0.2) is 0 Å². The molecule has 26 heavy (non-hydrogen) atoms. The van der Waals surface area contributed by atoms with E-state index in [-0.39, 0.29) is 0 Å². The molecular weight excluding hydrogens is 462 g/mol. The van der Waals surface area contributed by atoms with Gasteiger partial charge < -0.3 is 0 Å². The van der Waals surface area contributed by atoms with Gasteiger partial charge in [0.25, 0.3) is 0 Å². The van der Waals surface area contributed by atoms with Crippen molar-refractivity contribution >= 4 is 42.7 Å². The average Bonchev–Trinajstić information content (AvgIpc) is 3.04. The van der Waals surface area contributed by atoms with Gasteiger partial charge in [0.1, 0.15) is 0 Å². The van der Waals surface area contributed by atoms with Crippen LogP contribution in [0.2, 0.25) is 13.3 Å². The normalized spacial score (nSPS) is 12.8. The number of aromatic nitrogens is 1. The summed E-state index contributed by atoms with van der Waals surface area (Å²) in [5.41, 5.74) is -0.769. The number of alkyl halides is 3. The zero-order valence-electron chi connectivity index (χ0n) is 16.1. The first-order valence-electron chi connectivity index (χ1n) is 9.83. The van der Waals surface area contributed by atoms with Gasteiger partial charge in [0.2, 0.25) is 0 Å². The van der Waals surface area contributed by atoms with Gasteiger partial charge in [-0.15, -0.1) is 0 Å². The van der Waals surface area contributed by atoms with Crippen molar-refractivity contribution in [2.75, 3.05) is 0 Å². The number of nitrogens with zero attached hydrogens (tertiary/aromatic N) is 1. The van der Waals surface area contributed by atoms with Crippen LogP contribution >= 0.6 is 11.3 Å². The molecule has 2 rings (SSSR count). The molecule has 0 bridgehead atoms. The number of hydrogen-bond acceptors (Lipinski definition) is 2. The monoisotopic (exact) mass is 493 g/mol. The maximum absolute atomic E-state index is 13.0. The molecular formula is C20H30F3NSSn. The fourth-order valence-corrected chi connectivity index (χ4v) is 23.9. The maximum atomic E-state index is 13.0. The second-order valence-electron chi connectivity index (χ2n) is 7.31. The van der Waals surface area contributed by atoms with Crippen LogP contribution in [0.15, 0.2) is 18.3 Å². The standard InChI is InChI=1S/C8H3F3NS.3C4H9.Sn/c9-8(10,11)7-3-6-5(4-12-7)1-2-13-6;3*1-3-4-2;/h1,3-4H;3*1,3-4H2,2H3;. The fourth-order valence-electron chi connectivity index (χ4n) is 3.64. The van der Waals surface area contributed by atoms with E-state index in [2.05, 4.69) is 31.8 Å². The summed E-state index contributed by atoms with van der Waals surface area (Å²) in [5.74, 6) is 0. The van der Waals surface area contributed by atoms with Gasteiger partial charge in [-0.3, -0.25) is 0 Å². The van der Waals surface area contributed by atoms with Crippen molar-refractivity contribution in [3.05, 3.63) is 24.0 Å². The first kappa shape index (κ1) is 22.0. The third-order valence-electron chi connectivity index (χ3n) is 5.24. The molecule has 0 unspecified atom stereocenters. The molecule has 0 fully saturated rings. The predicted molar refractivity (Wildman–Crippen MR) is 109 cm³/mol. The van der Waals surface area contributed by atoms with Crippen molar-refractivity contribution < 1.29 is 13.2 Å². The number of halogens is 3. The Hall–Kier alpha value is -0.301. The number of rotatable bonds is 10. The van der Waals surface area contributed by atoms with Crippen molar-refractivity contribution in [2.45, 2.75) is 78.8 Å². The predicted octanol–water partition coefficient (Wildman–Crippen LogP) is 7.37. The number of hydrogen-bond donors (Lipinski definition) is 0. The Bertz CT molecular complexity index is 674. The van der Waals surface area contributed by atoms with E-state index in [4.69, 9.17) is 0 Å². The molecule has 1 nitrogen and oxygen atoms in total. The summed E-state index contributed by atoms with van der Waals surface area (Å²) in [7, 11) is 0. The zero-order valence-corrected chi connectivity index (χ0v) is 19.8. The topological polar surface area (TPSA) is 12.9 Å². The first-order chi connectivity index (χ1) is 12.4.